The summed E-state index contributed by atoms with van der Waals surface area (Å²) in [6.07, 6.45) is 7.30. The number of ether oxygens (including phenoxy) is 2. The zero-order valence-corrected chi connectivity index (χ0v) is 16.1. The third-order valence-corrected chi connectivity index (χ3v) is 4.42. The van der Waals surface area contributed by atoms with Crippen LogP contribution in [0.5, 0.6) is 0 Å². The molecule has 1 N–H and O–H groups in total. The minimum atomic E-state index is -0.214. The maximum absolute atomic E-state index is 12.3. The Kier molecular flexibility index (Phi) is 10.4. The lowest BCUT2D eigenvalue weighted by Crippen LogP contribution is -2.43. The van der Waals surface area contributed by atoms with E-state index in [0.29, 0.717) is 25.5 Å². The van der Waals surface area contributed by atoms with Crippen molar-refractivity contribution in [1.82, 2.24) is 10.2 Å². The van der Waals surface area contributed by atoms with Gasteiger partial charge in [0.05, 0.1) is 12.7 Å². The van der Waals surface area contributed by atoms with E-state index in [9.17, 15) is 9.59 Å². The third-order valence-electron chi connectivity index (χ3n) is 4.42. The molecule has 0 aromatic carbocycles. The summed E-state index contributed by atoms with van der Waals surface area (Å²) in [5.74, 6) is 0.194. The van der Waals surface area contributed by atoms with E-state index in [4.69, 9.17) is 9.47 Å². The summed E-state index contributed by atoms with van der Waals surface area (Å²) in [6, 6.07) is -0.214. The van der Waals surface area contributed by atoms with E-state index in [-0.39, 0.29) is 30.8 Å². The lowest BCUT2D eigenvalue weighted by Gasteiger charge is -2.27. The van der Waals surface area contributed by atoms with Crippen LogP contribution in [-0.2, 0) is 19.1 Å². The van der Waals surface area contributed by atoms with Gasteiger partial charge >= 0.3 is 5.97 Å². The second-order valence-electron chi connectivity index (χ2n) is 6.42. The van der Waals surface area contributed by atoms with Gasteiger partial charge in [-0.1, -0.05) is 32.4 Å². The first-order valence-electron chi connectivity index (χ1n) is 9.47. The number of hydrogen-bond acceptors (Lipinski definition) is 5. The summed E-state index contributed by atoms with van der Waals surface area (Å²) in [5, 5.41) is 2.75. The molecule has 1 fully saturated rings. The summed E-state index contributed by atoms with van der Waals surface area (Å²) in [7, 11) is 0. The maximum atomic E-state index is 12.3. The molecule has 144 valence electrons. The molecule has 0 radical (unpaired) electrons. The number of allylic oxidation sites excluding steroid dienone is 1. The fourth-order valence-electron chi connectivity index (χ4n) is 3.21. The van der Waals surface area contributed by atoms with Crippen LogP contribution in [0.3, 0.4) is 0 Å². The second kappa shape index (κ2) is 12.0. The summed E-state index contributed by atoms with van der Waals surface area (Å²) in [6.45, 7) is 9.88. The Morgan fingerprint density at radius 1 is 1.32 bits per heavy atom. The normalized spacial score (nSPS) is 22.2. The van der Waals surface area contributed by atoms with Crippen molar-refractivity contribution < 1.29 is 19.1 Å². The molecule has 6 heteroatoms. The number of rotatable bonds is 11. The highest BCUT2D eigenvalue weighted by atomic mass is 16.5. The number of nitrogens with zero attached hydrogens (tertiary/aromatic N) is 1. The van der Waals surface area contributed by atoms with Crippen molar-refractivity contribution in [3.05, 3.63) is 12.2 Å². The topological polar surface area (TPSA) is 67.9 Å². The molecular formula is C19H34N2O4. The average Bonchev–Trinajstić information content (AvgIpc) is 2.98. The highest BCUT2D eigenvalue weighted by Gasteiger charge is 2.37. The Morgan fingerprint density at radius 2 is 2.08 bits per heavy atom. The van der Waals surface area contributed by atoms with Gasteiger partial charge in [0.2, 0.25) is 5.91 Å². The van der Waals surface area contributed by atoms with Crippen molar-refractivity contribution in [3.8, 4) is 0 Å². The predicted molar refractivity (Wildman–Crippen MR) is 98.0 cm³/mol. The predicted octanol–water partition coefficient (Wildman–Crippen LogP) is 2.49. The Labute approximate surface area is 151 Å². The van der Waals surface area contributed by atoms with Gasteiger partial charge in [-0.3, -0.25) is 14.5 Å². The van der Waals surface area contributed by atoms with Crippen LogP contribution in [0.1, 0.15) is 53.4 Å². The number of esters is 1. The maximum Gasteiger partial charge on any atom is 0.323 e. The van der Waals surface area contributed by atoms with Crippen molar-refractivity contribution in [3.63, 3.8) is 0 Å². The molecular weight excluding hydrogens is 320 g/mol. The van der Waals surface area contributed by atoms with E-state index < -0.39 is 0 Å². The van der Waals surface area contributed by atoms with Gasteiger partial charge in [-0.05, 0) is 32.6 Å². The highest BCUT2D eigenvalue weighted by Crippen LogP contribution is 2.26. The van der Waals surface area contributed by atoms with E-state index in [1.165, 1.54) is 0 Å². The molecule has 1 unspecified atom stereocenters. The van der Waals surface area contributed by atoms with Crippen LogP contribution in [0.2, 0.25) is 0 Å². The van der Waals surface area contributed by atoms with Gasteiger partial charge < -0.3 is 14.8 Å². The van der Waals surface area contributed by atoms with E-state index in [1.54, 1.807) is 0 Å². The van der Waals surface area contributed by atoms with E-state index in [1.807, 2.05) is 26.8 Å². The van der Waals surface area contributed by atoms with Crippen LogP contribution < -0.4 is 5.32 Å². The standard InChI is InChI=1S/C19H34N2O4/c1-5-9-15-11-17(19(23)24-8-4)21(12-15)13-16(10-6-2)25-14-20-18(22)7-3/h5,9,15-17H,6-8,10-14H2,1-4H3,(H,20,22)/t15-,16?,17-/m1/s1. The number of carbonyl (C=O) groups is 2. The van der Waals surface area contributed by atoms with E-state index >= 15 is 0 Å². The van der Waals surface area contributed by atoms with Crippen LogP contribution >= 0.6 is 0 Å². The minimum Gasteiger partial charge on any atom is -0.465 e. The lowest BCUT2D eigenvalue weighted by molar-refractivity contribution is -0.149. The summed E-state index contributed by atoms with van der Waals surface area (Å²) in [5.41, 5.74) is 0. The van der Waals surface area contributed by atoms with Crippen molar-refractivity contribution in [1.29, 1.82) is 0 Å². The zero-order valence-electron chi connectivity index (χ0n) is 16.1. The molecule has 1 saturated heterocycles. The monoisotopic (exact) mass is 354 g/mol. The largest absolute Gasteiger partial charge is 0.465 e. The molecule has 1 heterocycles. The first-order chi connectivity index (χ1) is 12.0. The molecule has 6 nitrogen and oxygen atoms in total. The summed E-state index contributed by atoms with van der Waals surface area (Å²) in [4.78, 5) is 25.8. The lowest BCUT2D eigenvalue weighted by atomic mass is 10.1. The number of carbonyl (C=O) groups excluding carboxylic acids is 2. The Hall–Kier alpha value is -1.40. The average molecular weight is 354 g/mol. The molecule has 0 saturated carbocycles. The van der Waals surface area contributed by atoms with Crippen LogP contribution in [-0.4, -0.2) is 55.3 Å². The number of hydrogen-bond donors (Lipinski definition) is 1. The molecule has 25 heavy (non-hydrogen) atoms. The van der Waals surface area contributed by atoms with Crippen molar-refractivity contribution in [2.45, 2.75) is 65.5 Å². The molecule has 3 atom stereocenters. The molecule has 0 aromatic heterocycles. The number of nitrogens with one attached hydrogen (secondary N) is 1. The van der Waals surface area contributed by atoms with Gasteiger partial charge in [0, 0.05) is 19.5 Å². The van der Waals surface area contributed by atoms with Gasteiger partial charge in [-0.25, -0.2) is 0 Å². The zero-order chi connectivity index (χ0) is 18.7. The molecule has 1 rings (SSSR count). The fraction of sp³-hybridized carbons (Fsp3) is 0.789. The van der Waals surface area contributed by atoms with Gasteiger partial charge in [-0.2, -0.15) is 0 Å². The molecule has 0 aromatic rings. The highest BCUT2D eigenvalue weighted by molar-refractivity contribution is 5.76. The van der Waals surface area contributed by atoms with Crippen molar-refractivity contribution in [2.75, 3.05) is 26.4 Å². The van der Waals surface area contributed by atoms with E-state index in [0.717, 1.165) is 25.8 Å². The SMILES string of the molecule is CC=C[C@@H]1C[C@H](C(=O)OCC)N(CC(CCC)OCNC(=O)CC)C1. The van der Waals surface area contributed by atoms with Crippen LogP contribution in [0, 0.1) is 5.92 Å². The number of amides is 1. The molecule has 0 bridgehead atoms. The Balaban J connectivity index is 2.66. The smallest absolute Gasteiger partial charge is 0.323 e. The Bertz CT molecular complexity index is 439. The third kappa shape index (κ3) is 7.57. The molecule has 1 aliphatic rings. The van der Waals surface area contributed by atoms with Crippen molar-refractivity contribution >= 4 is 11.9 Å². The van der Waals surface area contributed by atoms with E-state index in [2.05, 4.69) is 23.2 Å². The first kappa shape index (κ1) is 21.6. The quantitative estimate of drug-likeness (QED) is 0.351. The van der Waals surface area contributed by atoms with Crippen molar-refractivity contribution in [2.24, 2.45) is 5.92 Å². The number of likely N-dealkylation sites (tertiary alicyclic amines) is 1. The Morgan fingerprint density at radius 3 is 2.68 bits per heavy atom. The van der Waals surface area contributed by atoms with Gasteiger partial charge in [0.15, 0.2) is 0 Å². The summed E-state index contributed by atoms with van der Waals surface area (Å²) >= 11 is 0. The summed E-state index contributed by atoms with van der Waals surface area (Å²) < 4.78 is 11.1. The first-order valence-corrected chi connectivity index (χ1v) is 9.47. The van der Waals surface area contributed by atoms with Crippen LogP contribution in [0.25, 0.3) is 0 Å². The molecule has 1 aliphatic heterocycles. The van der Waals surface area contributed by atoms with Gasteiger partial charge in [0.1, 0.15) is 12.8 Å². The fourth-order valence-corrected chi connectivity index (χ4v) is 3.21. The molecule has 0 aliphatic carbocycles. The minimum absolute atomic E-state index is 0.0107. The molecule has 0 spiro atoms. The van der Waals surface area contributed by atoms with Gasteiger partial charge in [0.25, 0.3) is 0 Å². The molecule has 1 amide bonds. The second-order valence-corrected chi connectivity index (χ2v) is 6.42. The van der Waals surface area contributed by atoms with Crippen LogP contribution in [0.15, 0.2) is 12.2 Å². The van der Waals surface area contributed by atoms with Gasteiger partial charge in [-0.15, -0.1) is 0 Å². The van der Waals surface area contributed by atoms with Crippen LogP contribution in [0.4, 0.5) is 0 Å².